The van der Waals surface area contributed by atoms with Crippen LogP contribution in [-0.4, -0.2) is 50.9 Å². The monoisotopic (exact) mass is 543 g/mol. The van der Waals surface area contributed by atoms with E-state index in [9.17, 15) is 19.8 Å². The molecule has 1 aromatic heterocycles. The van der Waals surface area contributed by atoms with Crippen molar-refractivity contribution in [3.05, 3.63) is 41.4 Å². The summed E-state index contributed by atoms with van der Waals surface area (Å²) in [4.78, 5) is 31.3. The quantitative estimate of drug-likeness (QED) is 0.301. The van der Waals surface area contributed by atoms with E-state index in [1.165, 1.54) is 0 Å². The number of cyclic esters (lactones) is 1. The summed E-state index contributed by atoms with van der Waals surface area (Å²) in [6, 6.07) is 5.92. The molecular formula is C30H41NO6S. The van der Waals surface area contributed by atoms with Crippen LogP contribution in [0, 0.1) is 24.2 Å². The summed E-state index contributed by atoms with van der Waals surface area (Å²) in [5.41, 5.74) is 0.115. The normalized spacial score (nSPS) is 34.9. The van der Waals surface area contributed by atoms with Crippen molar-refractivity contribution in [2.24, 2.45) is 17.3 Å². The van der Waals surface area contributed by atoms with Gasteiger partial charge in [-0.2, -0.15) is 0 Å². The van der Waals surface area contributed by atoms with Crippen LogP contribution in [0.25, 0.3) is 10.2 Å². The molecule has 0 radical (unpaired) electrons. The smallest absolute Gasteiger partial charge is 0.309 e. The van der Waals surface area contributed by atoms with Gasteiger partial charge in [0.2, 0.25) is 0 Å². The lowest BCUT2D eigenvalue weighted by Gasteiger charge is -2.35. The lowest BCUT2D eigenvalue weighted by molar-refractivity contribution is -0.156. The van der Waals surface area contributed by atoms with Crippen molar-refractivity contribution in [3.63, 3.8) is 0 Å². The maximum absolute atomic E-state index is 13.6. The number of hydrogen-bond donors (Lipinski definition) is 2. The van der Waals surface area contributed by atoms with E-state index in [0.717, 1.165) is 40.1 Å². The molecule has 0 bridgehead atoms. The summed E-state index contributed by atoms with van der Waals surface area (Å²) in [7, 11) is 0. The fourth-order valence-electron chi connectivity index (χ4n) is 5.70. The molecule has 0 spiro atoms. The van der Waals surface area contributed by atoms with Gasteiger partial charge < -0.3 is 19.7 Å². The number of carbonyl (C=O) groups is 2. The van der Waals surface area contributed by atoms with E-state index < -0.39 is 35.6 Å². The molecular weight excluding hydrogens is 502 g/mol. The van der Waals surface area contributed by atoms with Crippen LogP contribution in [-0.2, 0) is 19.1 Å². The molecule has 2 fully saturated rings. The van der Waals surface area contributed by atoms with Gasteiger partial charge in [-0.05, 0) is 56.7 Å². The zero-order valence-corrected chi connectivity index (χ0v) is 23.9. The van der Waals surface area contributed by atoms with Gasteiger partial charge in [-0.1, -0.05) is 39.3 Å². The fraction of sp³-hybridized carbons (Fsp3) is 0.633. The Hall–Kier alpha value is -2.13. The second-order valence-electron chi connectivity index (χ2n) is 11.9. The molecule has 2 aliphatic rings. The first-order valence-corrected chi connectivity index (χ1v) is 14.4. The predicted octanol–water partition coefficient (Wildman–Crippen LogP) is 5.46. The number of aliphatic hydroxyl groups excluding tert-OH is 2. The highest BCUT2D eigenvalue weighted by molar-refractivity contribution is 7.18. The van der Waals surface area contributed by atoms with Crippen molar-refractivity contribution in [1.82, 2.24) is 4.98 Å². The Morgan fingerprint density at radius 3 is 2.68 bits per heavy atom. The number of epoxide rings is 1. The predicted molar refractivity (Wildman–Crippen MR) is 148 cm³/mol. The van der Waals surface area contributed by atoms with Crippen molar-refractivity contribution in [2.75, 3.05) is 0 Å². The number of esters is 1. The zero-order valence-electron chi connectivity index (χ0n) is 23.1. The number of benzene rings is 1. The number of ketones is 1. The standard InChI is InChI=1S/C30H41NO6S/c1-7-9-20-27(34)17(2)10-8-13-30(6)25(37-30)15-22(19-11-12-23-21(14-19)31-18(3)38-23)36-26(33)16-24(32)29(4,5)28(20)35/h7,11-12,14,17,20,22,24-25,27,32,34H,1,8-10,13,15-16H2,2-6H3/t17-,20+,22?,24-,25+,27-,30+/m0/s1. The molecule has 7 atom stereocenters. The highest BCUT2D eigenvalue weighted by Gasteiger charge is 2.53. The molecule has 0 saturated carbocycles. The first-order valence-electron chi connectivity index (χ1n) is 13.6. The second-order valence-corrected chi connectivity index (χ2v) is 13.1. The molecule has 7 nitrogen and oxygen atoms in total. The Morgan fingerprint density at radius 1 is 1.24 bits per heavy atom. The highest BCUT2D eigenvalue weighted by Crippen LogP contribution is 2.47. The van der Waals surface area contributed by atoms with Crippen molar-refractivity contribution in [3.8, 4) is 0 Å². The Balaban J connectivity index is 1.63. The third kappa shape index (κ3) is 6.03. The van der Waals surface area contributed by atoms with Gasteiger partial charge in [0.25, 0.3) is 0 Å². The maximum Gasteiger partial charge on any atom is 0.309 e. The van der Waals surface area contributed by atoms with Crippen LogP contribution < -0.4 is 0 Å². The first-order chi connectivity index (χ1) is 17.9. The topological polar surface area (TPSA) is 109 Å². The molecule has 2 saturated heterocycles. The average Bonchev–Trinajstić information content (AvgIpc) is 3.32. The number of allylic oxidation sites excluding steroid dienone is 1. The van der Waals surface area contributed by atoms with Gasteiger partial charge >= 0.3 is 5.97 Å². The molecule has 38 heavy (non-hydrogen) atoms. The van der Waals surface area contributed by atoms with Crippen molar-refractivity contribution in [1.29, 1.82) is 0 Å². The van der Waals surface area contributed by atoms with Crippen molar-refractivity contribution in [2.45, 2.75) is 103 Å². The molecule has 0 amide bonds. The van der Waals surface area contributed by atoms with E-state index in [1.54, 1.807) is 31.3 Å². The second kappa shape index (κ2) is 11.2. The van der Waals surface area contributed by atoms with Crippen LogP contribution in [0.3, 0.4) is 0 Å². The molecule has 8 heteroatoms. The van der Waals surface area contributed by atoms with Crippen molar-refractivity contribution >= 4 is 33.3 Å². The number of hydrogen-bond acceptors (Lipinski definition) is 8. The third-order valence-corrected chi connectivity index (χ3v) is 9.49. The Bertz CT molecular complexity index is 1190. The number of nitrogens with zero attached hydrogens (tertiary/aromatic N) is 1. The number of aliphatic hydroxyl groups is 2. The van der Waals surface area contributed by atoms with Crippen LogP contribution in [0.1, 0.15) is 82.9 Å². The fourth-order valence-corrected chi connectivity index (χ4v) is 6.51. The minimum atomic E-state index is -1.27. The first kappa shape index (κ1) is 28.9. The average molecular weight is 544 g/mol. The summed E-state index contributed by atoms with van der Waals surface area (Å²) in [6.07, 6.45) is 1.71. The van der Waals surface area contributed by atoms with Gasteiger partial charge in [-0.15, -0.1) is 17.9 Å². The van der Waals surface area contributed by atoms with Gasteiger partial charge in [-0.25, -0.2) is 4.98 Å². The molecule has 2 N–H and O–H groups in total. The van der Waals surface area contributed by atoms with Gasteiger partial charge in [0.15, 0.2) is 0 Å². The van der Waals surface area contributed by atoms with Gasteiger partial charge in [0.1, 0.15) is 11.9 Å². The SMILES string of the molecule is C=CC[C@H]1C(=O)C(C)(C)[C@@H](O)CC(=O)OC(c2ccc3sc(C)nc3c2)C[C@H]2O[C@]2(C)CCC[C@H](C)[C@@H]1O. The van der Waals surface area contributed by atoms with Gasteiger partial charge in [0, 0.05) is 12.3 Å². The number of ether oxygens (including phenoxy) is 2. The van der Waals surface area contributed by atoms with Crippen LogP contribution in [0.4, 0.5) is 0 Å². The van der Waals surface area contributed by atoms with Crippen molar-refractivity contribution < 1.29 is 29.3 Å². The molecule has 4 rings (SSSR count). The summed E-state index contributed by atoms with van der Waals surface area (Å²) < 4.78 is 13.2. The van der Waals surface area contributed by atoms with E-state index in [-0.39, 0.29) is 29.8 Å². The molecule has 0 aliphatic carbocycles. The summed E-state index contributed by atoms with van der Waals surface area (Å²) in [6.45, 7) is 13.0. The lowest BCUT2D eigenvalue weighted by atomic mass is 9.71. The summed E-state index contributed by atoms with van der Waals surface area (Å²) in [5.74, 6) is -1.68. The third-order valence-electron chi connectivity index (χ3n) is 8.54. The number of aromatic nitrogens is 1. The van der Waals surface area contributed by atoms with Crippen LogP contribution in [0.5, 0.6) is 0 Å². The Kier molecular flexibility index (Phi) is 8.48. The van der Waals surface area contributed by atoms with E-state index in [4.69, 9.17) is 9.47 Å². The number of rotatable bonds is 3. The number of thiazole rings is 1. The largest absolute Gasteiger partial charge is 0.457 e. The van der Waals surface area contributed by atoms with E-state index in [1.807, 2.05) is 32.0 Å². The number of Topliss-reactive ketones (excluding diaryl/α,β-unsaturated/α-hetero) is 1. The zero-order chi connectivity index (χ0) is 27.8. The van der Waals surface area contributed by atoms with Crippen LogP contribution >= 0.6 is 11.3 Å². The van der Waals surface area contributed by atoms with Gasteiger partial charge in [-0.3, -0.25) is 9.59 Å². The lowest BCUT2D eigenvalue weighted by Crippen LogP contribution is -2.46. The highest BCUT2D eigenvalue weighted by atomic mass is 32.1. The molecule has 2 aliphatic heterocycles. The minimum absolute atomic E-state index is 0.0715. The molecule has 2 aromatic rings. The molecule has 3 heterocycles. The van der Waals surface area contributed by atoms with E-state index >= 15 is 0 Å². The minimum Gasteiger partial charge on any atom is -0.457 e. The maximum atomic E-state index is 13.6. The van der Waals surface area contributed by atoms with Crippen LogP contribution in [0.15, 0.2) is 30.9 Å². The molecule has 1 aromatic carbocycles. The number of aryl methyl sites for hydroxylation is 1. The molecule has 208 valence electrons. The van der Waals surface area contributed by atoms with Gasteiger partial charge in [0.05, 0.1) is 51.0 Å². The number of fused-ring (bicyclic) bond motifs is 2. The number of carbonyl (C=O) groups excluding carboxylic acids is 2. The Morgan fingerprint density at radius 2 is 1.97 bits per heavy atom. The Labute approximate surface area is 229 Å². The van der Waals surface area contributed by atoms with E-state index in [2.05, 4.69) is 18.5 Å². The van der Waals surface area contributed by atoms with Crippen LogP contribution in [0.2, 0.25) is 0 Å². The van der Waals surface area contributed by atoms with E-state index in [0.29, 0.717) is 12.8 Å². The molecule has 1 unspecified atom stereocenters. The summed E-state index contributed by atoms with van der Waals surface area (Å²) in [5, 5.41) is 23.2. The summed E-state index contributed by atoms with van der Waals surface area (Å²) >= 11 is 1.61.